The zero-order valence-corrected chi connectivity index (χ0v) is 12.7. The summed E-state index contributed by atoms with van der Waals surface area (Å²) in [6.45, 7) is 4.97. The van der Waals surface area contributed by atoms with Crippen LogP contribution in [0, 0.1) is 0 Å². The van der Waals surface area contributed by atoms with Gasteiger partial charge < -0.3 is 10.1 Å². The van der Waals surface area contributed by atoms with Gasteiger partial charge in [-0.25, -0.2) is 4.98 Å². The largest absolute Gasteiger partial charge is 0.375 e. The second-order valence-corrected chi connectivity index (χ2v) is 5.66. The standard InChI is InChI=1S/C15H21ClN2O2/c1-3-15(4-2)10-12(6-8-20-15)18-14(19)11-5-7-17-13(16)9-11/h5,7,9,12H,3-4,6,8,10H2,1-2H3,(H,18,19). The molecule has 0 spiro atoms. The Morgan fingerprint density at radius 1 is 1.55 bits per heavy atom. The van der Waals surface area contributed by atoms with Crippen molar-refractivity contribution in [2.45, 2.75) is 51.2 Å². The first-order valence-electron chi connectivity index (χ1n) is 7.15. The molecule has 5 heteroatoms. The predicted octanol–water partition coefficient (Wildman–Crippen LogP) is 3.20. The molecule has 2 heterocycles. The number of carbonyl (C=O) groups is 1. The highest BCUT2D eigenvalue weighted by atomic mass is 35.5. The molecule has 0 bridgehead atoms. The molecule has 0 aromatic carbocycles. The number of nitrogens with one attached hydrogen (secondary N) is 1. The molecule has 4 nitrogen and oxygen atoms in total. The number of aromatic nitrogens is 1. The van der Waals surface area contributed by atoms with Gasteiger partial charge in [0.1, 0.15) is 5.15 Å². The molecule has 1 atom stereocenters. The van der Waals surface area contributed by atoms with E-state index >= 15 is 0 Å². The molecular formula is C15H21ClN2O2. The van der Waals surface area contributed by atoms with E-state index in [-0.39, 0.29) is 17.6 Å². The molecule has 0 radical (unpaired) electrons. The minimum absolute atomic E-state index is 0.0912. The van der Waals surface area contributed by atoms with Crippen LogP contribution in [0.5, 0.6) is 0 Å². The van der Waals surface area contributed by atoms with Gasteiger partial charge >= 0.3 is 0 Å². The van der Waals surface area contributed by atoms with Crippen molar-refractivity contribution in [3.8, 4) is 0 Å². The van der Waals surface area contributed by atoms with E-state index in [1.807, 2.05) is 0 Å². The van der Waals surface area contributed by atoms with E-state index in [9.17, 15) is 4.79 Å². The van der Waals surface area contributed by atoms with Crippen LogP contribution in [-0.2, 0) is 4.74 Å². The Balaban J connectivity index is 2.01. The van der Waals surface area contributed by atoms with E-state index in [0.717, 1.165) is 25.7 Å². The lowest BCUT2D eigenvalue weighted by Gasteiger charge is -2.40. The van der Waals surface area contributed by atoms with Gasteiger partial charge in [0.2, 0.25) is 0 Å². The van der Waals surface area contributed by atoms with Crippen LogP contribution in [0.4, 0.5) is 0 Å². The molecule has 1 saturated heterocycles. The number of hydrogen-bond donors (Lipinski definition) is 1. The van der Waals surface area contributed by atoms with Crippen LogP contribution in [0.2, 0.25) is 5.15 Å². The van der Waals surface area contributed by atoms with Crippen LogP contribution in [0.3, 0.4) is 0 Å². The van der Waals surface area contributed by atoms with Gasteiger partial charge in [-0.2, -0.15) is 0 Å². The van der Waals surface area contributed by atoms with Crippen molar-refractivity contribution < 1.29 is 9.53 Å². The fraction of sp³-hybridized carbons (Fsp3) is 0.600. The Labute approximate surface area is 124 Å². The third-order valence-corrected chi connectivity index (χ3v) is 4.31. The zero-order chi connectivity index (χ0) is 14.6. The van der Waals surface area contributed by atoms with Crippen LogP contribution in [-0.4, -0.2) is 29.1 Å². The monoisotopic (exact) mass is 296 g/mol. The zero-order valence-electron chi connectivity index (χ0n) is 12.0. The number of hydrogen-bond acceptors (Lipinski definition) is 3. The molecule has 20 heavy (non-hydrogen) atoms. The molecular weight excluding hydrogens is 276 g/mol. The maximum absolute atomic E-state index is 12.2. The first kappa shape index (κ1) is 15.3. The van der Waals surface area contributed by atoms with Gasteiger partial charge in [-0.3, -0.25) is 4.79 Å². The number of nitrogens with zero attached hydrogens (tertiary/aromatic N) is 1. The van der Waals surface area contributed by atoms with E-state index in [4.69, 9.17) is 16.3 Å². The molecule has 110 valence electrons. The molecule has 0 saturated carbocycles. The summed E-state index contributed by atoms with van der Waals surface area (Å²) < 4.78 is 5.92. The first-order valence-corrected chi connectivity index (χ1v) is 7.53. The summed E-state index contributed by atoms with van der Waals surface area (Å²) in [5.41, 5.74) is 0.460. The fourth-order valence-electron chi connectivity index (χ4n) is 2.71. The Morgan fingerprint density at radius 2 is 2.30 bits per heavy atom. The lowest BCUT2D eigenvalue weighted by atomic mass is 9.86. The summed E-state index contributed by atoms with van der Waals surface area (Å²) in [6.07, 6.45) is 5.20. The summed E-state index contributed by atoms with van der Waals surface area (Å²) in [4.78, 5) is 16.1. The highest BCUT2D eigenvalue weighted by molar-refractivity contribution is 6.29. The quantitative estimate of drug-likeness (QED) is 0.868. The number of amides is 1. The Hall–Kier alpha value is -1.13. The number of pyridine rings is 1. The maximum Gasteiger partial charge on any atom is 0.251 e. The molecule has 1 aliphatic rings. The smallest absolute Gasteiger partial charge is 0.251 e. The van der Waals surface area contributed by atoms with Gasteiger partial charge in [0.25, 0.3) is 5.91 Å². The van der Waals surface area contributed by atoms with Crippen LogP contribution in [0.15, 0.2) is 18.3 Å². The van der Waals surface area contributed by atoms with E-state index in [1.165, 1.54) is 0 Å². The average Bonchev–Trinajstić information content (AvgIpc) is 2.47. The lowest BCUT2D eigenvalue weighted by Crippen LogP contribution is -2.48. The normalized spacial score (nSPS) is 21.4. The summed E-state index contributed by atoms with van der Waals surface area (Å²) in [6, 6.07) is 3.42. The fourth-order valence-corrected chi connectivity index (χ4v) is 2.88. The molecule has 1 aromatic rings. The highest BCUT2D eigenvalue weighted by Gasteiger charge is 2.35. The summed E-state index contributed by atoms with van der Waals surface area (Å²) in [5.74, 6) is -0.0951. The minimum Gasteiger partial charge on any atom is -0.375 e. The second kappa shape index (κ2) is 6.55. The third-order valence-electron chi connectivity index (χ3n) is 4.11. The highest BCUT2D eigenvalue weighted by Crippen LogP contribution is 2.31. The third kappa shape index (κ3) is 3.49. The summed E-state index contributed by atoms with van der Waals surface area (Å²) in [5, 5.41) is 3.41. The van der Waals surface area contributed by atoms with E-state index < -0.39 is 0 Å². The van der Waals surface area contributed by atoms with Crippen LogP contribution < -0.4 is 5.32 Å². The van der Waals surface area contributed by atoms with Crippen molar-refractivity contribution in [3.05, 3.63) is 29.0 Å². The van der Waals surface area contributed by atoms with E-state index in [2.05, 4.69) is 24.1 Å². The minimum atomic E-state index is -0.0951. The predicted molar refractivity (Wildman–Crippen MR) is 79.0 cm³/mol. The molecule has 1 aliphatic heterocycles. The van der Waals surface area contributed by atoms with E-state index in [0.29, 0.717) is 17.3 Å². The van der Waals surface area contributed by atoms with E-state index in [1.54, 1.807) is 18.3 Å². The van der Waals surface area contributed by atoms with Gasteiger partial charge in [-0.1, -0.05) is 25.4 Å². The number of ether oxygens (including phenoxy) is 1. The topological polar surface area (TPSA) is 51.2 Å². The summed E-state index contributed by atoms with van der Waals surface area (Å²) in [7, 11) is 0. The van der Waals surface area contributed by atoms with Gasteiger partial charge in [-0.05, 0) is 37.8 Å². The molecule has 0 aliphatic carbocycles. The van der Waals surface area contributed by atoms with Gasteiger partial charge in [0, 0.05) is 24.4 Å². The molecule has 1 amide bonds. The Kier molecular flexibility index (Phi) is 5.00. The number of carbonyl (C=O) groups excluding carboxylic acids is 1. The van der Waals surface area contributed by atoms with Gasteiger partial charge in [-0.15, -0.1) is 0 Å². The SMILES string of the molecule is CCC1(CC)CC(NC(=O)c2ccnc(Cl)c2)CCO1. The Morgan fingerprint density at radius 3 is 2.95 bits per heavy atom. The molecule has 1 fully saturated rings. The number of halogens is 1. The van der Waals surface area contributed by atoms with Crippen LogP contribution in [0.1, 0.15) is 49.9 Å². The summed E-state index contributed by atoms with van der Waals surface area (Å²) >= 11 is 5.81. The van der Waals surface area contributed by atoms with Gasteiger partial charge in [0.05, 0.1) is 5.60 Å². The van der Waals surface area contributed by atoms with Crippen LogP contribution >= 0.6 is 11.6 Å². The van der Waals surface area contributed by atoms with Gasteiger partial charge in [0.15, 0.2) is 0 Å². The average molecular weight is 297 g/mol. The van der Waals surface area contributed by atoms with Crippen molar-refractivity contribution in [1.82, 2.24) is 10.3 Å². The maximum atomic E-state index is 12.2. The van der Waals surface area contributed by atoms with Crippen molar-refractivity contribution in [2.75, 3.05) is 6.61 Å². The van der Waals surface area contributed by atoms with Crippen LogP contribution in [0.25, 0.3) is 0 Å². The van der Waals surface area contributed by atoms with Crippen molar-refractivity contribution in [2.24, 2.45) is 0 Å². The van der Waals surface area contributed by atoms with Crippen molar-refractivity contribution in [1.29, 1.82) is 0 Å². The lowest BCUT2D eigenvalue weighted by molar-refractivity contribution is -0.0917. The number of rotatable bonds is 4. The van der Waals surface area contributed by atoms with Crippen molar-refractivity contribution >= 4 is 17.5 Å². The second-order valence-electron chi connectivity index (χ2n) is 5.27. The Bertz CT molecular complexity index is 475. The molecule has 1 N–H and O–H groups in total. The molecule has 2 rings (SSSR count). The first-order chi connectivity index (χ1) is 9.58. The van der Waals surface area contributed by atoms with Crippen molar-refractivity contribution in [3.63, 3.8) is 0 Å². The molecule has 1 aromatic heterocycles. The molecule has 1 unspecified atom stereocenters.